The molecule has 1 aliphatic rings. The number of nitrogens with one attached hydrogen (secondary N) is 1. The van der Waals surface area contributed by atoms with Gasteiger partial charge in [-0.2, -0.15) is 0 Å². The fourth-order valence-corrected chi connectivity index (χ4v) is 3.16. The van der Waals surface area contributed by atoms with Gasteiger partial charge >= 0.3 is 0 Å². The minimum Gasteiger partial charge on any atom is -0.491 e. The van der Waals surface area contributed by atoms with Crippen LogP contribution >= 0.6 is 0 Å². The first kappa shape index (κ1) is 15.2. The zero-order valence-electron chi connectivity index (χ0n) is 13.4. The third kappa shape index (κ3) is 4.16. The largest absolute Gasteiger partial charge is 0.491 e. The van der Waals surface area contributed by atoms with E-state index in [1.807, 2.05) is 0 Å². The molecule has 112 valence electrons. The van der Waals surface area contributed by atoms with Crippen LogP contribution in [0.25, 0.3) is 0 Å². The van der Waals surface area contributed by atoms with Crippen molar-refractivity contribution in [1.82, 2.24) is 0 Å². The van der Waals surface area contributed by atoms with Crippen molar-refractivity contribution in [3.63, 3.8) is 0 Å². The van der Waals surface area contributed by atoms with Crippen molar-refractivity contribution in [1.29, 1.82) is 0 Å². The minimum absolute atomic E-state index is 0.233. The van der Waals surface area contributed by atoms with Crippen molar-refractivity contribution in [2.45, 2.75) is 71.9 Å². The topological polar surface area (TPSA) is 21.3 Å². The Morgan fingerprint density at radius 1 is 1.30 bits per heavy atom. The summed E-state index contributed by atoms with van der Waals surface area (Å²) in [6.45, 7) is 8.61. The van der Waals surface area contributed by atoms with E-state index in [1.54, 1.807) is 0 Å². The molecule has 2 unspecified atom stereocenters. The van der Waals surface area contributed by atoms with Crippen LogP contribution in [0.5, 0.6) is 5.75 Å². The molecule has 1 fully saturated rings. The molecule has 1 N–H and O–H groups in total. The molecule has 0 radical (unpaired) electrons. The molecule has 2 rings (SSSR count). The van der Waals surface area contributed by atoms with Crippen LogP contribution in [0.3, 0.4) is 0 Å². The van der Waals surface area contributed by atoms with Gasteiger partial charge in [-0.25, -0.2) is 0 Å². The molecular formula is C18H29NO. The lowest BCUT2D eigenvalue weighted by Gasteiger charge is -2.30. The van der Waals surface area contributed by atoms with Crippen molar-refractivity contribution in [2.24, 2.45) is 5.92 Å². The zero-order chi connectivity index (χ0) is 14.5. The van der Waals surface area contributed by atoms with Crippen LogP contribution in [0, 0.1) is 12.8 Å². The maximum Gasteiger partial charge on any atom is 0.120 e. The molecule has 2 atom stereocenters. The number of hydrogen-bond acceptors (Lipinski definition) is 2. The van der Waals surface area contributed by atoms with Crippen LogP contribution in [-0.2, 0) is 0 Å². The first-order valence-corrected chi connectivity index (χ1v) is 8.12. The van der Waals surface area contributed by atoms with Crippen molar-refractivity contribution in [2.75, 3.05) is 5.32 Å². The van der Waals surface area contributed by atoms with Crippen molar-refractivity contribution >= 4 is 5.69 Å². The third-order valence-corrected chi connectivity index (χ3v) is 4.29. The summed E-state index contributed by atoms with van der Waals surface area (Å²) >= 11 is 0. The van der Waals surface area contributed by atoms with Gasteiger partial charge in [0.1, 0.15) is 5.75 Å². The summed E-state index contributed by atoms with van der Waals surface area (Å²) in [5.74, 6) is 1.88. The van der Waals surface area contributed by atoms with E-state index in [0.717, 1.165) is 11.7 Å². The number of benzene rings is 1. The number of rotatable bonds is 5. The molecule has 1 aromatic rings. The normalized spacial score (nSPS) is 22.9. The highest BCUT2D eigenvalue weighted by Crippen LogP contribution is 2.30. The van der Waals surface area contributed by atoms with Gasteiger partial charge in [0.2, 0.25) is 0 Å². The smallest absolute Gasteiger partial charge is 0.120 e. The van der Waals surface area contributed by atoms with Crippen LogP contribution in [-0.4, -0.2) is 12.1 Å². The summed E-state index contributed by atoms with van der Waals surface area (Å²) in [4.78, 5) is 0. The molecule has 20 heavy (non-hydrogen) atoms. The molecule has 1 aromatic carbocycles. The quantitative estimate of drug-likeness (QED) is 0.801. The van der Waals surface area contributed by atoms with Gasteiger partial charge in [-0.15, -0.1) is 0 Å². The average Bonchev–Trinajstić information content (AvgIpc) is 2.41. The number of hydrogen-bond donors (Lipinski definition) is 1. The van der Waals surface area contributed by atoms with Crippen LogP contribution in [0.4, 0.5) is 5.69 Å². The first-order chi connectivity index (χ1) is 9.58. The molecule has 0 spiro atoms. The van der Waals surface area contributed by atoms with Gasteiger partial charge in [0, 0.05) is 11.7 Å². The summed E-state index contributed by atoms with van der Waals surface area (Å²) in [6, 6.07) is 7.03. The van der Waals surface area contributed by atoms with Crippen LogP contribution in [0.2, 0.25) is 0 Å². The summed E-state index contributed by atoms with van der Waals surface area (Å²) in [6.07, 6.45) is 6.95. The van der Waals surface area contributed by atoms with Gasteiger partial charge in [0.05, 0.1) is 6.10 Å². The Labute approximate surface area is 123 Å². The summed E-state index contributed by atoms with van der Waals surface area (Å²) < 4.78 is 5.75. The Morgan fingerprint density at radius 3 is 2.75 bits per heavy atom. The Bertz CT molecular complexity index is 427. The highest BCUT2D eigenvalue weighted by molar-refractivity contribution is 5.54. The molecule has 0 bridgehead atoms. The first-order valence-electron chi connectivity index (χ1n) is 8.12. The fraction of sp³-hybridized carbons (Fsp3) is 0.667. The molecule has 1 aliphatic carbocycles. The van der Waals surface area contributed by atoms with Crippen molar-refractivity contribution < 1.29 is 4.74 Å². The standard InChI is InChI=1S/C18H29NO/c1-5-15-7-6-8-16(12-15)19-18-10-9-17(11-14(18)4)20-13(2)3/h9-11,13,15-16,19H,5-8,12H2,1-4H3. The molecule has 2 heteroatoms. The predicted molar refractivity (Wildman–Crippen MR) is 86.6 cm³/mol. The van der Waals surface area contributed by atoms with E-state index in [9.17, 15) is 0 Å². The van der Waals surface area contributed by atoms with E-state index in [2.05, 4.69) is 51.2 Å². The highest BCUT2D eigenvalue weighted by atomic mass is 16.5. The molecular weight excluding hydrogens is 246 g/mol. The summed E-state index contributed by atoms with van der Waals surface area (Å²) in [5, 5.41) is 3.74. The lowest BCUT2D eigenvalue weighted by molar-refractivity contribution is 0.242. The van der Waals surface area contributed by atoms with E-state index in [-0.39, 0.29) is 6.10 Å². The van der Waals surface area contributed by atoms with Gasteiger partial charge in [0.15, 0.2) is 0 Å². The summed E-state index contributed by atoms with van der Waals surface area (Å²) in [7, 11) is 0. The number of aryl methyl sites for hydroxylation is 1. The molecule has 0 aromatic heterocycles. The van der Waals surface area contributed by atoms with Crippen LogP contribution < -0.4 is 10.1 Å². The van der Waals surface area contributed by atoms with Gasteiger partial charge < -0.3 is 10.1 Å². The molecule has 0 saturated heterocycles. The zero-order valence-corrected chi connectivity index (χ0v) is 13.4. The molecule has 1 saturated carbocycles. The maximum atomic E-state index is 5.75. The second kappa shape index (κ2) is 7.01. The maximum absolute atomic E-state index is 5.75. The fourth-order valence-electron chi connectivity index (χ4n) is 3.16. The molecule has 0 amide bonds. The Kier molecular flexibility index (Phi) is 5.33. The number of anilines is 1. The third-order valence-electron chi connectivity index (χ3n) is 4.29. The Hall–Kier alpha value is -1.18. The molecule has 0 heterocycles. The SMILES string of the molecule is CCC1CCCC(Nc2ccc(OC(C)C)cc2C)C1. The Balaban J connectivity index is 1.98. The second-order valence-electron chi connectivity index (χ2n) is 6.43. The van der Waals surface area contributed by atoms with Gasteiger partial charge in [-0.1, -0.05) is 26.2 Å². The van der Waals surface area contributed by atoms with E-state index >= 15 is 0 Å². The lowest BCUT2D eigenvalue weighted by Crippen LogP contribution is -2.27. The molecule has 2 nitrogen and oxygen atoms in total. The molecule has 0 aliphatic heterocycles. The lowest BCUT2D eigenvalue weighted by atomic mass is 9.84. The van der Waals surface area contributed by atoms with Crippen molar-refractivity contribution in [3.8, 4) is 5.75 Å². The minimum atomic E-state index is 0.233. The van der Waals surface area contributed by atoms with Crippen LogP contribution in [0.15, 0.2) is 18.2 Å². The van der Waals surface area contributed by atoms with E-state index < -0.39 is 0 Å². The monoisotopic (exact) mass is 275 g/mol. The van der Waals surface area contributed by atoms with Gasteiger partial charge in [-0.3, -0.25) is 0 Å². The van der Waals surface area contributed by atoms with Crippen molar-refractivity contribution in [3.05, 3.63) is 23.8 Å². The van der Waals surface area contributed by atoms with Gasteiger partial charge in [0.25, 0.3) is 0 Å². The summed E-state index contributed by atoms with van der Waals surface area (Å²) in [5.41, 5.74) is 2.55. The van der Waals surface area contributed by atoms with Gasteiger partial charge in [-0.05, 0) is 63.3 Å². The van der Waals surface area contributed by atoms with E-state index in [1.165, 1.54) is 43.4 Å². The van der Waals surface area contributed by atoms with Crippen LogP contribution in [0.1, 0.15) is 58.4 Å². The predicted octanol–water partition coefficient (Wildman–Crippen LogP) is 5.16. The van der Waals surface area contributed by atoms with E-state index in [4.69, 9.17) is 4.74 Å². The number of ether oxygens (including phenoxy) is 1. The second-order valence-corrected chi connectivity index (χ2v) is 6.43. The average molecular weight is 275 g/mol. The Morgan fingerprint density at radius 2 is 2.10 bits per heavy atom. The highest BCUT2D eigenvalue weighted by Gasteiger charge is 2.20. The van der Waals surface area contributed by atoms with E-state index in [0.29, 0.717) is 6.04 Å².